The molecule has 0 saturated carbocycles. The fraction of sp³-hybridized carbons (Fsp3) is 1.00. The minimum atomic E-state index is -7.08. The third-order valence-corrected chi connectivity index (χ3v) is 4.01. The van der Waals surface area contributed by atoms with Crippen LogP contribution in [-0.4, -0.2) is 53.3 Å². The van der Waals surface area contributed by atoms with E-state index in [1.54, 1.807) is 0 Å². The largest absolute Gasteiger partial charge is 0.456 e. The van der Waals surface area contributed by atoms with Gasteiger partial charge in [-0.1, -0.05) is 0 Å². The summed E-state index contributed by atoms with van der Waals surface area (Å²) in [7, 11) is 0. The van der Waals surface area contributed by atoms with Gasteiger partial charge in [-0.15, -0.1) is 0 Å². The topological polar surface area (TPSA) is 18.5 Å². The van der Waals surface area contributed by atoms with Gasteiger partial charge in [0.05, 0.1) is 0 Å². The summed E-state index contributed by atoms with van der Waals surface area (Å²) in [4.78, 5) is 0. The Morgan fingerprint density at radius 1 is 0.419 bits per heavy atom. The summed E-state index contributed by atoms with van der Waals surface area (Å²) in [6.45, 7) is -2.70. The molecule has 188 valence electrons. The Morgan fingerprint density at radius 2 is 0.742 bits per heavy atom. The second kappa shape index (κ2) is 7.45. The number of alkyl halides is 15. The highest BCUT2D eigenvalue weighted by atomic mass is 19.4. The number of hydrogen-bond acceptors (Lipinski definition) is 2. The van der Waals surface area contributed by atoms with Crippen LogP contribution in [0.25, 0.3) is 0 Å². The number of rotatable bonds is 8. The molecule has 0 aromatic carbocycles. The number of ether oxygens (including phenoxy) is 2. The summed E-state index contributed by atoms with van der Waals surface area (Å²) < 4.78 is 205. The molecule has 1 atom stereocenters. The van der Waals surface area contributed by atoms with Crippen molar-refractivity contribution >= 4 is 0 Å². The van der Waals surface area contributed by atoms with Gasteiger partial charge >= 0.3 is 42.1 Å². The molecule has 0 fully saturated rings. The van der Waals surface area contributed by atoms with E-state index in [0.29, 0.717) is 0 Å². The van der Waals surface area contributed by atoms with Crippen LogP contribution in [0.4, 0.5) is 65.9 Å². The van der Waals surface area contributed by atoms with Crippen LogP contribution in [0.3, 0.4) is 0 Å². The van der Waals surface area contributed by atoms with Crippen LogP contribution in [0, 0.1) is 0 Å². The highest BCUT2D eigenvalue weighted by molar-refractivity contribution is 5.09. The Bertz CT molecular complexity index is 642. The predicted octanol–water partition coefficient (Wildman–Crippen LogP) is 6.89. The van der Waals surface area contributed by atoms with Crippen LogP contribution in [0.1, 0.15) is 34.6 Å². The van der Waals surface area contributed by atoms with Crippen molar-refractivity contribution in [2.45, 2.75) is 87.9 Å². The number of halogens is 15. The Balaban J connectivity index is 6.65. The molecule has 0 radical (unpaired) electrons. The second-order valence-electron chi connectivity index (χ2n) is 7.38. The third-order valence-electron chi connectivity index (χ3n) is 4.01. The third kappa shape index (κ3) is 4.95. The van der Waals surface area contributed by atoms with E-state index in [-0.39, 0.29) is 0 Å². The summed E-state index contributed by atoms with van der Waals surface area (Å²) in [6.07, 6.45) is -26.6. The van der Waals surface area contributed by atoms with Crippen molar-refractivity contribution in [2.24, 2.45) is 0 Å². The van der Waals surface area contributed by atoms with E-state index >= 15 is 0 Å². The van der Waals surface area contributed by atoms with E-state index in [1.165, 1.54) is 0 Å². The first-order valence-electron chi connectivity index (χ1n) is 7.65. The van der Waals surface area contributed by atoms with Gasteiger partial charge in [0.15, 0.2) is 0 Å². The molecule has 1 unspecified atom stereocenters. The molecule has 0 aliphatic heterocycles. The SMILES string of the molecule is CC(F)(F)C(F)(F)OC(C)(C)C(F)(C(F)(F)F)C(F)(F)OC(C)(C)C(F)(F)C(F)(F)F. The molecule has 0 aliphatic rings. The normalized spacial score (nSPS) is 18.2. The Hall–Kier alpha value is -1.13. The molecule has 2 nitrogen and oxygen atoms in total. The van der Waals surface area contributed by atoms with Crippen LogP contribution in [0.5, 0.6) is 0 Å². The molecule has 0 saturated heterocycles. The summed E-state index contributed by atoms with van der Waals surface area (Å²) in [6, 6.07) is 0. The number of hydrogen-bond donors (Lipinski definition) is 0. The molecule has 0 heterocycles. The Kier molecular flexibility index (Phi) is 7.18. The van der Waals surface area contributed by atoms with Crippen molar-refractivity contribution in [3.8, 4) is 0 Å². The van der Waals surface area contributed by atoms with Gasteiger partial charge in [-0.3, -0.25) is 0 Å². The van der Waals surface area contributed by atoms with Crippen molar-refractivity contribution in [3.05, 3.63) is 0 Å². The maximum Gasteiger partial charge on any atom is 0.456 e. The minimum Gasteiger partial charge on any atom is -0.305 e. The van der Waals surface area contributed by atoms with Crippen molar-refractivity contribution in [2.75, 3.05) is 0 Å². The van der Waals surface area contributed by atoms with Gasteiger partial charge in [-0.25, -0.2) is 4.39 Å². The molecule has 0 aromatic heterocycles. The average molecular weight is 500 g/mol. The Morgan fingerprint density at radius 3 is 1.00 bits per heavy atom. The monoisotopic (exact) mass is 500 g/mol. The van der Waals surface area contributed by atoms with Gasteiger partial charge in [0.2, 0.25) is 0 Å². The van der Waals surface area contributed by atoms with Crippen LogP contribution in [-0.2, 0) is 9.47 Å². The fourth-order valence-electron chi connectivity index (χ4n) is 2.13. The zero-order chi connectivity index (χ0) is 25.9. The Labute approximate surface area is 164 Å². The van der Waals surface area contributed by atoms with Gasteiger partial charge in [0.25, 0.3) is 0 Å². The first-order valence-corrected chi connectivity index (χ1v) is 7.65. The van der Waals surface area contributed by atoms with Crippen LogP contribution in [0.15, 0.2) is 0 Å². The van der Waals surface area contributed by atoms with E-state index in [1.807, 2.05) is 0 Å². The summed E-state index contributed by atoms with van der Waals surface area (Å²) in [5.41, 5.74) is -16.0. The van der Waals surface area contributed by atoms with Gasteiger partial charge in [-0.05, 0) is 27.7 Å². The predicted molar refractivity (Wildman–Crippen MR) is 71.7 cm³/mol. The summed E-state index contributed by atoms with van der Waals surface area (Å²) in [5.74, 6) is -11.7. The summed E-state index contributed by atoms with van der Waals surface area (Å²) >= 11 is 0. The highest BCUT2D eigenvalue weighted by Crippen LogP contribution is 2.58. The lowest BCUT2D eigenvalue weighted by molar-refractivity contribution is -0.479. The lowest BCUT2D eigenvalue weighted by Gasteiger charge is -2.48. The molecule has 0 amide bonds. The van der Waals surface area contributed by atoms with E-state index in [2.05, 4.69) is 9.47 Å². The molecule has 31 heavy (non-hydrogen) atoms. The molecule has 0 spiro atoms. The van der Waals surface area contributed by atoms with Crippen molar-refractivity contribution in [3.63, 3.8) is 0 Å². The molecule has 0 aromatic rings. The van der Waals surface area contributed by atoms with E-state index in [0.717, 1.165) is 0 Å². The molecule has 0 N–H and O–H groups in total. The van der Waals surface area contributed by atoms with Gasteiger partial charge in [0.1, 0.15) is 11.2 Å². The fourth-order valence-corrected chi connectivity index (χ4v) is 2.13. The van der Waals surface area contributed by atoms with E-state index in [9.17, 15) is 65.9 Å². The maximum absolute atomic E-state index is 14.8. The van der Waals surface area contributed by atoms with Crippen molar-refractivity contribution in [1.82, 2.24) is 0 Å². The molecule has 0 aliphatic carbocycles. The summed E-state index contributed by atoms with van der Waals surface area (Å²) in [5, 5.41) is 0. The van der Waals surface area contributed by atoms with Crippen molar-refractivity contribution < 1.29 is 75.3 Å². The minimum absolute atomic E-state index is 0.492. The van der Waals surface area contributed by atoms with E-state index in [4.69, 9.17) is 0 Å². The first kappa shape index (κ1) is 29.9. The quantitative estimate of drug-likeness (QED) is 0.338. The highest BCUT2D eigenvalue weighted by Gasteiger charge is 2.83. The van der Waals surface area contributed by atoms with Crippen LogP contribution in [0.2, 0.25) is 0 Å². The zero-order valence-corrected chi connectivity index (χ0v) is 16.0. The lowest BCUT2D eigenvalue weighted by Crippen LogP contribution is -2.72. The molecule has 0 bridgehead atoms. The molecular weight excluding hydrogens is 485 g/mol. The van der Waals surface area contributed by atoms with Crippen molar-refractivity contribution in [1.29, 1.82) is 0 Å². The standard InChI is InChI=1S/C14H15F15O2/c1-6(2,30-13(26,27)8(5,15)16)9(17,11(20,21)22)14(28,29)31-7(3,4)10(18,19)12(23,24)25/h1-5H3. The maximum atomic E-state index is 14.8. The van der Waals surface area contributed by atoms with Gasteiger partial charge in [0, 0.05) is 6.92 Å². The van der Waals surface area contributed by atoms with Gasteiger partial charge < -0.3 is 9.47 Å². The van der Waals surface area contributed by atoms with Gasteiger partial charge in [-0.2, -0.15) is 61.5 Å². The first-order chi connectivity index (χ1) is 12.9. The second-order valence-corrected chi connectivity index (χ2v) is 7.38. The van der Waals surface area contributed by atoms with Crippen LogP contribution < -0.4 is 0 Å². The average Bonchev–Trinajstić information content (AvgIpc) is 2.39. The zero-order valence-electron chi connectivity index (χ0n) is 16.0. The molecule has 17 heteroatoms. The van der Waals surface area contributed by atoms with Crippen LogP contribution >= 0.6 is 0 Å². The molecule has 0 rings (SSSR count). The molecular formula is C14H15F15O2. The smallest absolute Gasteiger partial charge is 0.305 e. The lowest BCUT2D eigenvalue weighted by atomic mass is 9.84. The van der Waals surface area contributed by atoms with E-state index < -0.39 is 87.9 Å².